The number of hydrogen-bond donors (Lipinski definition) is 1. The zero-order chi connectivity index (χ0) is 12.0. The highest BCUT2D eigenvalue weighted by Gasteiger charge is 2.19. The maximum absolute atomic E-state index is 3.71. The van der Waals surface area contributed by atoms with Crippen molar-refractivity contribution < 1.29 is 0 Å². The smallest absolute Gasteiger partial charge is 0.0195 e. The van der Waals surface area contributed by atoms with Gasteiger partial charge in [0.1, 0.15) is 0 Å². The lowest BCUT2D eigenvalue weighted by Crippen LogP contribution is -2.47. The molecule has 1 unspecified atom stereocenters. The highest BCUT2D eigenvalue weighted by atomic mass is 15.2. The number of likely N-dealkylation sites (tertiary alicyclic amines) is 1. The summed E-state index contributed by atoms with van der Waals surface area (Å²) in [5, 5.41) is 3.71. The minimum absolute atomic E-state index is 0.742. The summed E-state index contributed by atoms with van der Waals surface area (Å²) in [6.07, 6.45) is 4.04. The molecule has 0 aromatic heterocycles. The molecule has 96 valence electrons. The molecule has 0 radical (unpaired) electrons. The van der Waals surface area contributed by atoms with Gasteiger partial charge >= 0.3 is 0 Å². The van der Waals surface area contributed by atoms with Crippen LogP contribution in [0.25, 0.3) is 0 Å². The summed E-state index contributed by atoms with van der Waals surface area (Å²) >= 11 is 0. The van der Waals surface area contributed by atoms with Crippen molar-refractivity contribution in [2.45, 2.75) is 53.0 Å². The lowest BCUT2D eigenvalue weighted by Gasteiger charge is -2.34. The predicted octanol–water partition coefficient (Wildman–Crippen LogP) is 2.74. The molecular formula is C14H30N2. The Kier molecular flexibility index (Phi) is 6.37. The highest BCUT2D eigenvalue weighted by Crippen LogP contribution is 2.12. The Bertz CT molecular complexity index is 178. The molecule has 16 heavy (non-hydrogen) atoms. The van der Waals surface area contributed by atoms with Gasteiger partial charge in [-0.15, -0.1) is 0 Å². The van der Waals surface area contributed by atoms with Crippen molar-refractivity contribution in [3.05, 3.63) is 0 Å². The maximum atomic E-state index is 3.71. The van der Waals surface area contributed by atoms with Gasteiger partial charge in [-0.1, -0.05) is 27.7 Å². The normalized spacial score (nSPS) is 23.2. The van der Waals surface area contributed by atoms with Gasteiger partial charge in [-0.05, 0) is 44.2 Å². The molecule has 0 spiro atoms. The second-order valence-corrected chi connectivity index (χ2v) is 6.13. The molecule has 1 rings (SSSR count). The average Bonchev–Trinajstić information content (AvgIpc) is 2.16. The van der Waals surface area contributed by atoms with E-state index in [1.165, 1.54) is 45.4 Å². The van der Waals surface area contributed by atoms with Gasteiger partial charge in [-0.25, -0.2) is 0 Å². The Hall–Kier alpha value is -0.0800. The fourth-order valence-electron chi connectivity index (χ4n) is 2.48. The molecule has 1 aliphatic heterocycles. The zero-order valence-electron chi connectivity index (χ0n) is 11.6. The van der Waals surface area contributed by atoms with Crippen molar-refractivity contribution in [2.75, 3.05) is 26.2 Å². The molecular weight excluding hydrogens is 196 g/mol. The highest BCUT2D eigenvalue weighted by molar-refractivity contribution is 4.78. The summed E-state index contributed by atoms with van der Waals surface area (Å²) in [7, 11) is 0. The third-order valence-electron chi connectivity index (χ3n) is 3.28. The van der Waals surface area contributed by atoms with E-state index in [0.29, 0.717) is 0 Å². The van der Waals surface area contributed by atoms with Crippen molar-refractivity contribution in [1.82, 2.24) is 10.2 Å². The molecule has 1 fully saturated rings. The Balaban J connectivity index is 2.17. The summed E-state index contributed by atoms with van der Waals surface area (Å²) in [6, 6.07) is 0.742. The largest absolute Gasteiger partial charge is 0.313 e. The van der Waals surface area contributed by atoms with Crippen LogP contribution in [-0.2, 0) is 0 Å². The third-order valence-corrected chi connectivity index (χ3v) is 3.28. The number of piperidine rings is 1. The second-order valence-electron chi connectivity index (χ2n) is 6.13. The number of nitrogens with zero attached hydrogens (tertiary/aromatic N) is 1. The van der Waals surface area contributed by atoms with Gasteiger partial charge in [0.15, 0.2) is 0 Å². The van der Waals surface area contributed by atoms with Gasteiger partial charge < -0.3 is 10.2 Å². The molecule has 0 aromatic rings. The first-order valence-corrected chi connectivity index (χ1v) is 7.03. The second kappa shape index (κ2) is 7.29. The summed E-state index contributed by atoms with van der Waals surface area (Å²) in [4.78, 5) is 2.63. The van der Waals surface area contributed by atoms with Gasteiger partial charge in [0.2, 0.25) is 0 Å². The molecule has 0 bridgehead atoms. The van der Waals surface area contributed by atoms with Crippen LogP contribution in [0.4, 0.5) is 0 Å². The summed E-state index contributed by atoms with van der Waals surface area (Å²) in [5.41, 5.74) is 0. The van der Waals surface area contributed by atoms with Gasteiger partial charge in [0.05, 0.1) is 0 Å². The van der Waals surface area contributed by atoms with E-state index in [2.05, 4.69) is 37.9 Å². The van der Waals surface area contributed by atoms with Gasteiger partial charge in [-0.2, -0.15) is 0 Å². The zero-order valence-corrected chi connectivity index (χ0v) is 11.6. The van der Waals surface area contributed by atoms with Crippen LogP contribution in [0.5, 0.6) is 0 Å². The van der Waals surface area contributed by atoms with E-state index in [4.69, 9.17) is 0 Å². The lowest BCUT2D eigenvalue weighted by atomic mass is 10.0. The Morgan fingerprint density at radius 2 is 1.94 bits per heavy atom. The van der Waals surface area contributed by atoms with E-state index in [0.717, 1.165) is 17.9 Å². The van der Waals surface area contributed by atoms with E-state index in [1.807, 2.05) is 0 Å². The Labute approximate surface area is 102 Å². The van der Waals surface area contributed by atoms with Crippen molar-refractivity contribution in [3.63, 3.8) is 0 Å². The van der Waals surface area contributed by atoms with Crippen molar-refractivity contribution in [2.24, 2.45) is 11.8 Å². The van der Waals surface area contributed by atoms with Crippen LogP contribution < -0.4 is 5.32 Å². The van der Waals surface area contributed by atoms with Crippen molar-refractivity contribution >= 4 is 0 Å². The summed E-state index contributed by atoms with van der Waals surface area (Å²) < 4.78 is 0. The quantitative estimate of drug-likeness (QED) is 0.749. The van der Waals surface area contributed by atoms with Gasteiger partial charge in [0.25, 0.3) is 0 Å². The topological polar surface area (TPSA) is 15.3 Å². The molecule has 2 nitrogen and oxygen atoms in total. The number of nitrogens with one attached hydrogen (secondary N) is 1. The van der Waals surface area contributed by atoms with Crippen LogP contribution in [0.2, 0.25) is 0 Å². The fourth-order valence-corrected chi connectivity index (χ4v) is 2.48. The van der Waals surface area contributed by atoms with Crippen molar-refractivity contribution in [1.29, 1.82) is 0 Å². The van der Waals surface area contributed by atoms with Crippen molar-refractivity contribution in [3.8, 4) is 0 Å². The fraction of sp³-hybridized carbons (Fsp3) is 1.00. The molecule has 1 aliphatic rings. The monoisotopic (exact) mass is 226 g/mol. The first-order valence-electron chi connectivity index (χ1n) is 7.03. The molecule has 2 heteroatoms. The molecule has 0 aliphatic carbocycles. The lowest BCUT2D eigenvalue weighted by molar-refractivity contribution is 0.172. The molecule has 1 N–H and O–H groups in total. The van der Waals surface area contributed by atoms with E-state index >= 15 is 0 Å². The van der Waals surface area contributed by atoms with Gasteiger partial charge in [-0.3, -0.25) is 0 Å². The molecule has 1 heterocycles. The standard InChI is InChI=1S/C14H30N2/c1-12(2)7-8-15-14-6-5-9-16(11-14)10-13(3)4/h12-15H,5-11H2,1-4H3. The van der Waals surface area contributed by atoms with E-state index in [-0.39, 0.29) is 0 Å². The van der Waals surface area contributed by atoms with Crippen LogP contribution in [-0.4, -0.2) is 37.1 Å². The number of hydrogen-bond acceptors (Lipinski definition) is 2. The molecule has 1 atom stereocenters. The molecule has 0 aromatic carbocycles. The first-order chi connectivity index (χ1) is 7.58. The Morgan fingerprint density at radius 3 is 2.56 bits per heavy atom. The van der Waals surface area contributed by atoms with Crippen LogP contribution in [0, 0.1) is 11.8 Å². The maximum Gasteiger partial charge on any atom is 0.0195 e. The SMILES string of the molecule is CC(C)CCNC1CCCN(CC(C)C)C1. The minimum Gasteiger partial charge on any atom is -0.313 e. The average molecular weight is 226 g/mol. The van der Waals surface area contributed by atoms with E-state index < -0.39 is 0 Å². The Morgan fingerprint density at radius 1 is 1.19 bits per heavy atom. The molecule has 1 saturated heterocycles. The van der Waals surface area contributed by atoms with Crippen LogP contribution in [0.15, 0.2) is 0 Å². The number of rotatable bonds is 6. The van der Waals surface area contributed by atoms with Crippen LogP contribution >= 0.6 is 0 Å². The first kappa shape index (κ1) is 14.0. The van der Waals surface area contributed by atoms with E-state index in [1.54, 1.807) is 0 Å². The van der Waals surface area contributed by atoms with Gasteiger partial charge in [0, 0.05) is 19.1 Å². The third kappa shape index (κ3) is 5.86. The minimum atomic E-state index is 0.742. The summed E-state index contributed by atoms with van der Waals surface area (Å²) in [6.45, 7) is 14.3. The van der Waals surface area contributed by atoms with Crippen LogP contribution in [0.3, 0.4) is 0 Å². The van der Waals surface area contributed by atoms with E-state index in [9.17, 15) is 0 Å². The summed E-state index contributed by atoms with van der Waals surface area (Å²) in [5.74, 6) is 1.62. The molecule has 0 saturated carbocycles. The predicted molar refractivity (Wildman–Crippen MR) is 71.8 cm³/mol. The van der Waals surface area contributed by atoms with Crippen LogP contribution in [0.1, 0.15) is 47.0 Å². The molecule has 0 amide bonds.